The van der Waals surface area contributed by atoms with Gasteiger partial charge < -0.3 is 4.74 Å². The van der Waals surface area contributed by atoms with Gasteiger partial charge in [-0.2, -0.15) is 0 Å². The number of ether oxygens (including phenoxy) is 1. The molecule has 0 N–H and O–H groups in total. The van der Waals surface area contributed by atoms with Gasteiger partial charge in [0.1, 0.15) is 17.7 Å². The van der Waals surface area contributed by atoms with Gasteiger partial charge in [0, 0.05) is 12.1 Å². The molecule has 20 heavy (non-hydrogen) atoms. The number of halogens is 2. The summed E-state index contributed by atoms with van der Waals surface area (Å²) in [5, 5.41) is 0. The Morgan fingerprint density at radius 1 is 1.40 bits per heavy atom. The number of likely N-dealkylation sites (tertiary alicyclic amines) is 1. The molecule has 110 valence electrons. The van der Waals surface area contributed by atoms with E-state index in [1.165, 1.54) is 6.07 Å². The number of benzene rings is 1. The van der Waals surface area contributed by atoms with Gasteiger partial charge in [0.15, 0.2) is 0 Å². The molecular weight excluding hydrogens is 264 g/mol. The number of carbonyl (C=O) groups is 1. The third-order valence-electron chi connectivity index (χ3n) is 3.55. The third kappa shape index (κ3) is 3.54. The summed E-state index contributed by atoms with van der Waals surface area (Å²) in [6, 6.07) is 3.05. The van der Waals surface area contributed by atoms with Crippen LogP contribution in [0.1, 0.15) is 31.7 Å². The molecule has 5 heteroatoms. The first-order valence-electron chi connectivity index (χ1n) is 6.96. The molecule has 1 fully saturated rings. The lowest BCUT2D eigenvalue weighted by molar-refractivity contribution is -0.151. The van der Waals surface area contributed by atoms with Crippen LogP contribution in [0.2, 0.25) is 0 Å². The molecule has 0 amide bonds. The average Bonchev–Trinajstić information content (AvgIpc) is 2.44. The minimum absolute atomic E-state index is 0.229. The minimum Gasteiger partial charge on any atom is -0.465 e. The Labute approximate surface area is 117 Å². The van der Waals surface area contributed by atoms with Crippen molar-refractivity contribution < 1.29 is 18.3 Å². The van der Waals surface area contributed by atoms with Crippen molar-refractivity contribution in [3.05, 3.63) is 35.4 Å². The van der Waals surface area contributed by atoms with Crippen LogP contribution in [-0.2, 0) is 16.1 Å². The van der Waals surface area contributed by atoms with E-state index >= 15 is 0 Å². The topological polar surface area (TPSA) is 29.5 Å². The highest BCUT2D eigenvalue weighted by Gasteiger charge is 2.30. The Bertz CT molecular complexity index is 479. The lowest BCUT2D eigenvalue weighted by Crippen LogP contribution is -2.45. The predicted molar refractivity (Wildman–Crippen MR) is 71.0 cm³/mol. The standard InChI is InChI=1S/C15H19F2NO2/c1-2-20-15(19)14-5-3-4-8-18(14)10-11-9-12(16)6-7-13(11)17/h6-7,9,14H,2-5,8,10H2,1H3. The van der Waals surface area contributed by atoms with Crippen molar-refractivity contribution in [1.82, 2.24) is 4.90 Å². The summed E-state index contributed by atoms with van der Waals surface area (Å²) in [5.41, 5.74) is 0.279. The molecule has 1 atom stereocenters. The smallest absolute Gasteiger partial charge is 0.323 e. The maximum absolute atomic E-state index is 13.7. The Hall–Kier alpha value is -1.49. The van der Waals surface area contributed by atoms with Crippen LogP contribution >= 0.6 is 0 Å². The second-order valence-electron chi connectivity index (χ2n) is 4.97. The molecule has 0 aliphatic carbocycles. The molecule has 1 heterocycles. The maximum Gasteiger partial charge on any atom is 0.323 e. The molecule has 1 aromatic rings. The highest BCUT2D eigenvalue weighted by molar-refractivity contribution is 5.75. The summed E-state index contributed by atoms with van der Waals surface area (Å²) < 4.78 is 31.9. The lowest BCUT2D eigenvalue weighted by Gasteiger charge is -2.34. The van der Waals surface area contributed by atoms with Gasteiger partial charge in [-0.3, -0.25) is 9.69 Å². The van der Waals surface area contributed by atoms with Crippen LogP contribution in [0.5, 0.6) is 0 Å². The van der Waals surface area contributed by atoms with E-state index in [-0.39, 0.29) is 24.1 Å². The van der Waals surface area contributed by atoms with Gasteiger partial charge in [-0.05, 0) is 44.5 Å². The maximum atomic E-state index is 13.7. The summed E-state index contributed by atoms with van der Waals surface area (Å²) in [5.74, 6) is -1.19. The van der Waals surface area contributed by atoms with Crippen molar-refractivity contribution in [2.45, 2.75) is 38.8 Å². The number of carbonyl (C=O) groups excluding carboxylic acids is 1. The Morgan fingerprint density at radius 2 is 2.20 bits per heavy atom. The van der Waals surface area contributed by atoms with Gasteiger partial charge in [-0.25, -0.2) is 8.78 Å². The number of nitrogens with zero attached hydrogens (tertiary/aromatic N) is 1. The van der Waals surface area contributed by atoms with Crippen molar-refractivity contribution in [3.8, 4) is 0 Å². The van der Waals surface area contributed by atoms with Gasteiger partial charge in [0.05, 0.1) is 6.61 Å². The molecule has 0 aromatic heterocycles. The normalized spacial score (nSPS) is 19.9. The van der Waals surface area contributed by atoms with Crippen LogP contribution in [0.25, 0.3) is 0 Å². The summed E-state index contributed by atoms with van der Waals surface area (Å²) in [6.07, 6.45) is 2.61. The van der Waals surface area contributed by atoms with Crippen molar-refractivity contribution in [2.75, 3.05) is 13.2 Å². The van der Waals surface area contributed by atoms with Gasteiger partial charge in [-0.1, -0.05) is 6.42 Å². The molecule has 0 radical (unpaired) electrons. The van der Waals surface area contributed by atoms with E-state index in [4.69, 9.17) is 4.74 Å². The summed E-state index contributed by atoms with van der Waals surface area (Å²) >= 11 is 0. The Balaban J connectivity index is 2.12. The van der Waals surface area contributed by atoms with Gasteiger partial charge in [0.2, 0.25) is 0 Å². The minimum atomic E-state index is -0.467. The fraction of sp³-hybridized carbons (Fsp3) is 0.533. The average molecular weight is 283 g/mol. The van der Waals surface area contributed by atoms with Crippen molar-refractivity contribution in [3.63, 3.8) is 0 Å². The number of rotatable bonds is 4. The summed E-state index contributed by atoms with van der Waals surface area (Å²) in [6.45, 7) is 3.02. The number of esters is 1. The van der Waals surface area contributed by atoms with Crippen LogP contribution in [0.15, 0.2) is 18.2 Å². The first-order valence-corrected chi connectivity index (χ1v) is 6.96. The molecule has 2 rings (SSSR count). The first kappa shape index (κ1) is 14.9. The zero-order chi connectivity index (χ0) is 14.5. The largest absolute Gasteiger partial charge is 0.465 e. The number of piperidine rings is 1. The number of hydrogen-bond donors (Lipinski definition) is 0. The molecule has 1 unspecified atom stereocenters. The fourth-order valence-corrected chi connectivity index (χ4v) is 2.57. The van der Waals surface area contributed by atoms with Crippen molar-refractivity contribution >= 4 is 5.97 Å². The van der Waals surface area contributed by atoms with Crippen LogP contribution in [0.3, 0.4) is 0 Å². The summed E-state index contributed by atoms with van der Waals surface area (Å²) in [4.78, 5) is 13.8. The Kier molecular flexibility index (Phi) is 5.06. The highest BCUT2D eigenvalue weighted by Crippen LogP contribution is 2.22. The van der Waals surface area contributed by atoms with E-state index in [1.807, 2.05) is 4.90 Å². The quantitative estimate of drug-likeness (QED) is 0.796. The van der Waals surface area contributed by atoms with E-state index in [0.29, 0.717) is 19.6 Å². The summed E-state index contributed by atoms with van der Waals surface area (Å²) in [7, 11) is 0. The second kappa shape index (κ2) is 6.79. The fourth-order valence-electron chi connectivity index (χ4n) is 2.57. The highest BCUT2D eigenvalue weighted by atomic mass is 19.1. The van der Waals surface area contributed by atoms with Gasteiger partial charge in [0.25, 0.3) is 0 Å². The van der Waals surface area contributed by atoms with E-state index in [0.717, 1.165) is 25.0 Å². The van der Waals surface area contributed by atoms with E-state index in [2.05, 4.69) is 0 Å². The van der Waals surface area contributed by atoms with Crippen LogP contribution < -0.4 is 0 Å². The molecule has 1 aliphatic rings. The third-order valence-corrected chi connectivity index (χ3v) is 3.55. The lowest BCUT2D eigenvalue weighted by atomic mass is 10.0. The number of hydrogen-bond acceptors (Lipinski definition) is 3. The van der Waals surface area contributed by atoms with E-state index in [9.17, 15) is 13.6 Å². The molecule has 0 saturated carbocycles. The zero-order valence-electron chi connectivity index (χ0n) is 11.6. The molecule has 1 aliphatic heterocycles. The van der Waals surface area contributed by atoms with Crippen LogP contribution in [0.4, 0.5) is 8.78 Å². The molecule has 0 bridgehead atoms. The van der Waals surface area contributed by atoms with E-state index in [1.54, 1.807) is 6.92 Å². The van der Waals surface area contributed by atoms with Gasteiger partial charge in [-0.15, -0.1) is 0 Å². The van der Waals surface area contributed by atoms with Gasteiger partial charge >= 0.3 is 5.97 Å². The monoisotopic (exact) mass is 283 g/mol. The molecule has 1 aromatic carbocycles. The van der Waals surface area contributed by atoms with Crippen LogP contribution in [0, 0.1) is 11.6 Å². The second-order valence-corrected chi connectivity index (χ2v) is 4.97. The Morgan fingerprint density at radius 3 is 2.95 bits per heavy atom. The first-order chi connectivity index (χ1) is 9.61. The predicted octanol–water partition coefficient (Wildman–Crippen LogP) is 2.88. The van der Waals surface area contributed by atoms with Crippen LogP contribution in [-0.4, -0.2) is 30.1 Å². The SMILES string of the molecule is CCOC(=O)C1CCCCN1Cc1cc(F)ccc1F. The van der Waals surface area contributed by atoms with E-state index < -0.39 is 11.6 Å². The zero-order valence-corrected chi connectivity index (χ0v) is 11.6. The van der Waals surface area contributed by atoms with Crippen molar-refractivity contribution in [2.24, 2.45) is 0 Å². The molecule has 3 nitrogen and oxygen atoms in total. The van der Waals surface area contributed by atoms with Crippen molar-refractivity contribution in [1.29, 1.82) is 0 Å². The molecule has 0 spiro atoms. The molecular formula is C15H19F2NO2. The molecule has 1 saturated heterocycles.